The SMILES string of the molecule is CC1Sc2ccc(C3CCCCN3)cc2NC1=O. The lowest BCUT2D eigenvalue weighted by atomic mass is 9.97. The van der Waals surface area contributed by atoms with E-state index in [4.69, 9.17) is 0 Å². The quantitative estimate of drug-likeness (QED) is 0.817. The van der Waals surface area contributed by atoms with Crippen molar-refractivity contribution >= 4 is 23.4 Å². The summed E-state index contributed by atoms with van der Waals surface area (Å²) < 4.78 is 0. The van der Waals surface area contributed by atoms with E-state index >= 15 is 0 Å². The number of benzene rings is 1. The second kappa shape index (κ2) is 4.94. The molecule has 0 saturated carbocycles. The van der Waals surface area contributed by atoms with E-state index in [9.17, 15) is 4.79 Å². The zero-order valence-corrected chi connectivity index (χ0v) is 11.3. The third-order valence-corrected chi connectivity index (χ3v) is 4.82. The van der Waals surface area contributed by atoms with Gasteiger partial charge in [-0.25, -0.2) is 0 Å². The van der Waals surface area contributed by atoms with Crippen molar-refractivity contribution < 1.29 is 4.79 Å². The Morgan fingerprint density at radius 2 is 2.22 bits per heavy atom. The van der Waals surface area contributed by atoms with Crippen LogP contribution in [0.5, 0.6) is 0 Å². The predicted molar refractivity (Wildman–Crippen MR) is 75.0 cm³/mol. The molecule has 2 atom stereocenters. The highest BCUT2D eigenvalue weighted by Crippen LogP contribution is 2.37. The van der Waals surface area contributed by atoms with Crippen molar-refractivity contribution in [3.63, 3.8) is 0 Å². The number of fused-ring (bicyclic) bond motifs is 1. The van der Waals surface area contributed by atoms with Gasteiger partial charge in [-0.1, -0.05) is 12.5 Å². The van der Waals surface area contributed by atoms with E-state index in [1.54, 1.807) is 11.8 Å². The first-order valence-electron chi connectivity index (χ1n) is 6.59. The molecule has 1 amide bonds. The van der Waals surface area contributed by atoms with Crippen molar-refractivity contribution in [1.82, 2.24) is 5.32 Å². The number of amides is 1. The van der Waals surface area contributed by atoms with Gasteiger partial charge in [-0.2, -0.15) is 0 Å². The molecular formula is C14H18N2OS. The van der Waals surface area contributed by atoms with Crippen LogP contribution in [0.25, 0.3) is 0 Å². The number of piperidine rings is 1. The Balaban J connectivity index is 1.86. The van der Waals surface area contributed by atoms with Crippen LogP contribution in [0.4, 0.5) is 5.69 Å². The van der Waals surface area contributed by atoms with Gasteiger partial charge in [-0.05, 0) is 44.0 Å². The summed E-state index contributed by atoms with van der Waals surface area (Å²) in [7, 11) is 0. The topological polar surface area (TPSA) is 41.1 Å². The first kappa shape index (κ1) is 12.1. The number of hydrogen-bond donors (Lipinski definition) is 2. The zero-order valence-electron chi connectivity index (χ0n) is 10.5. The van der Waals surface area contributed by atoms with Gasteiger partial charge in [0.1, 0.15) is 0 Å². The Morgan fingerprint density at radius 3 is 3.00 bits per heavy atom. The molecule has 18 heavy (non-hydrogen) atoms. The van der Waals surface area contributed by atoms with Crippen molar-refractivity contribution in [2.24, 2.45) is 0 Å². The van der Waals surface area contributed by atoms with Gasteiger partial charge in [0.25, 0.3) is 0 Å². The smallest absolute Gasteiger partial charge is 0.237 e. The number of carbonyl (C=O) groups is 1. The first-order valence-corrected chi connectivity index (χ1v) is 7.47. The highest BCUT2D eigenvalue weighted by atomic mass is 32.2. The monoisotopic (exact) mass is 262 g/mol. The fraction of sp³-hybridized carbons (Fsp3) is 0.500. The van der Waals surface area contributed by atoms with E-state index in [0.717, 1.165) is 12.2 Å². The zero-order chi connectivity index (χ0) is 12.5. The molecular weight excluding hydrogens is 244 g/mol. The summed E-state index contributed by atoms with van der Waals surface area (Å²) >= 11 is 1.64. The molecule has 3 rings (SSSR count). The maximum Gasteiger partial charge on any atom is 0.237 e. The fourth-order valence-corrected chi connectivity index (χ4v) is 3.51. The number of nitrogens with one attached hydrogen (secondary N) is 2. The van der Waals surface area contributed by atoms with E-state index in [1.807, 2.05) is 6.92 Å². The molecule has 2 unspecified atom stereocenters. The van der Waals surface area contributed by atoms with E-state index in [1.165, 1.54) is 29.7 Å². The van der Waals surface area contributed by atoms with Gasteiger partial charge >= 0.3 is 0 Å². The van der Waals surface area contributed by atoms with Gasteiger partial charge in [0, 0.05) is 10.9 Å². The lowest BCUT2D eigenvalue weighted by Crippen LogP contribution is -2.28. The molecule has 3 nitrogen and oxygen atoms in total. The molecule has 0 radical (unpaired) electrons. The largest absolute Gasteiger partial charge is 0.324 e. The van der Waals surface area contributed by atoms with Crippen LogP contribution < -0.4 is 10.6 Å². The molecule has 1 saturated heterocycles. The summed E-state index contributed by atoms with van der Waals surface area (Å²) in [6.07, 6.45) is 3.74. The third-order valence-electron chi connectivity index (χ3n) is 3.65. The van der Waals surface area contributed by atoms with Gasteiger partial charge in [-0.15, -0.1) is 11.8 Å². The normalized spacial score (nSPS) is 27.5. The molecule has 0 aromatic heterocycles. The Kier molecular flexibility index (Phi) is 3.31. The summed E-state index contributed by atoms with van der Waals surface area (Å²) in [5, 5.41) is 6.55. The van der Waals surface area contributed by atoms with Gasteiger partial charge in [0.15, 0.2) is 0 Å². The summed E-state index contributed by atoms with van der Waals surface area (Å²) in [5.41, 5.74) is 2.27. The van der Waals surface area contributed by atoms with Crippen LogP contribution in [0, 0.1) is 0 Å². The van der Waals surface area contributed by atoms with Crippen LogP contribution in [-0.2, 0) is 4.79 Å². The van der Waals surface area contributed by atoms with Gasteiger partial charge in [-0.3, -0.25) is 4.79 Å². The number of anilines is 1. The Hall–Kier alpha value is -1.00. The van der Waals surface area contributed by atoms with Gasteiger partial charge in [0.2, 0.25) is 5.91 Å². The molecule has 0 spiro atoms. The second-order valence-electron chi connectivity index (χ2n) is 5.01. The molecule has 1 aromatic carbocycles. The van der Waals surface area contributed by atoms with E-state index in [-0.39, 0.29) is 11.2 Å². The Morgan fingerprint density at radius 1 is 1.33 bits per heavy atom. The van der Waals surface area contributed by atoms with Crippen LogP contribution in [0.1, 0.15) is 37.8 Å². The predicted octanol–water partition coefficient (Wildman–Crippen LogP) is 2.93. The van der Waals surface area contributed by atoms with Crippen molar-refractivity contribution in [1.29, 1.82) is 0 Å². The number of thioether (sulfide) groups is 1. The highest BCUT2D eigenvalue weighted by Gasteiger charge is 2.24. The summed E-state index contributed by atoms with van der Waals surface area (Å²) in [6.45, 7) is 3.04. The number of hydrogen-bond acceptors (Lipinski definition) is 3. The van der Waals surface area contributed by atoms with Crippen molar-refractivity contribution in [2.45, 2.75) is 42.4 Å². The van der Waals surface area contributed by atoms with Crippen molar-refractivity contribution in [3.8, 4) is 0 Å². The molecule has 2 N–H and O–H groups in total. The van der Waals surface area contributed by atoms with Crippen LogP contribution in [0.3, 0.4) is 0 Å². The molecule has 1 fully saturated rings. The van der Waals surface area contributed by atoms with Crippen LogP contribution >= 0.6 is 11.8 Å². The summed E-state index contributed by atoms with van der Waals surface area (Å²) in [6, 6.07) is 6.92. The van der Waals surface area contributed by atoms with E-state index in [0.29, 0.717) is 6.04 Å². The molecule has 0 bridgehead atoms. The maximum atomic E-state index is 11.7. The molecule has 2 heterocycles. The van der Waals surface area contributed by atoms with Crippen molar-refractivity contribution in [3.05, 3.63) is 23.8 Å². The van der Waals surface area contributed by atoms with Gasteiger partial charge < -0.3 is 10.6 Å². The van der Waals surface area contributed by atoms with Gasteiger partial charge in [0.05, 0.1) is 10.9 Å². The minimum atomic E-state index is 0.0103. The molecule has 0 aliphatic carbocycles. The standard InChI is InChI=1S/C14H18N2OS/c1-9-14(17)16-12-8-10(5-6-13(12)18-9)11-4-2-3-7-15-11/h5-6,8-9,11,15H,2-4,7H2,1H3,(H,16,17). The van der Waals surface area contributed by atoms with Crippen LogP contribution in [0.15, 0.2) is 23.1 Å². The van der Waals surface area contributed by atoms with Crippen molar-refractivity contribution in [2.75, 3.05) is 11.9 Å². The fourth-order valence-electron chi connectivity index (χ4n) is 2.58. The average Bonchev–Trinajstić information content (AvgIpc) is 2.41. The summed E-state index contributed by atoms with van der Waals surface area (Å²) in [4.78, 5) is 12.9. The Labute approximate surface area is 112 Å². The average molecular weight is 262 g/mol. The molecule has 1 aromatic rings. The lowest BCUT2D eigenvalue weighted by Gasteiger charge is -2.26. The first-order chi connectivity index (χ1) is 8.74. The van der Waals surface area contributed by atoms with E-state index in [2.05, 4.69) is 28.8 Å². The third kappa shape index (κ3) is 2.27. The summed E-state index contributed by atoms with van der Waals surface area (Å²) in [5.74, 6) is 0.112. The number of rotatable bonds is 1. The molecule has 96 valence electrons. The van der Waals surface area contributed by atoms with Crippen LogP contribution in [-0.4, -0.2) is 17.7 Å². The molecule has 2 aliphatic rings. The maximum absolute atomic E-state index is 11.7. The second-order valence-corrected chi connectivity index (χ2v) is 6.39. The minimum Gasteiger partial charge on any atom is -0.324 e. The Bertz CT molecular complexity index is 469. The highest BCUT2D eigenvalue weighted by molar-refractivity contribution is 8.00. The lowest BCUT2D eigenvalue weighted by molar-refractivity contribution is -0.115. The minimum absolute atomic E-state index is 0.0103. The number of carbonyl (C=O) groups excluding carboxylic acids is 1. The van der Waals surface area contributed by atoms with E-state index < -0.39 is 0 Å². The van der Waals surface area contributed by atoms with Crippen LogP contribution in [0.2, 0.25) is 0 Å². The molecule has 4 heteroatoms. The molecule has 2 aliphatic heterocycles.